The Morgan fingerprint density at radius 1 is 0.893 bits per heavy atom. The van der Waals surface area contributed by atoms with Crippen molar-refractivity contribution in [3.05, 3.63) is 0 Å². The van der Waals surface area contributed by atoms with E-state index in [1.807, 2.05) is 4.90 Å². The summed E-state index contributed by atoms with van der Waals surface area (Å²) >= 11 is 0. The molecule has 4 bridgehead atoms. The fourth-order valence-electron chi connectivity index (χ4n) is 7.03. The highest BCUT2D eigenvalue weighted by atomic mass is 16.5. The van der Waals surface area contributed by atoms with Crippen LogP contribution in [0.15, 0.2) is 0 Å². The monoisotopic (exact) mass is 389 g/mol. The largest absolute Gasteiger partial charge is 0.378 e. The third-order valence-corrected chi connectivity index (χ3v) is 8.12. The summed E-state index contributed by atoms with van der Waals surface area (Å²) in [6.07, 6.45) is 9.75. The number of nitrogens with zero attached hydrogens (tertiary/aromatic N) is 2. The lowest BCUT2D eigenvalue weighted by Crippen LogP contribution is -2.59. The molecule has 0 aromatic rings. The Hall–Kier alpha value is -1.14. The van der Waals surface area contributed by atoms with E-state index < -0.39 is 0 Å². The van der Waals surface area contributed by atoms with Crippen molar-refractivity contribution in [2.75, 3.05) is 39.4 Å². The lowest BCUT2D eigenvalue weighted by molar-refractivity contribution is -0.143. The van der Waals surface area contributed by atoms with Crippen molar-refractivity contribution in [2.24, 2.45) is 23.7 Å². The van der Waals surface area contributed by atoms with Crippen molar-refractivity contribution in [3.63, 3.8) is 0 Å². The molecule has 6 rings (SSSR count). The van der Waals surface area contributed by atoms with E-state index in [2.05, 4.69) is 10.2 Å². The molecule has 6 fully saturated rings. The molecule has 0 spiro atoms. The fraction of sp³-hybridized carbons (Fsp3) is 0.909. The SMILES string of the molecule is O=C(CN1CCCCC1C(=O)N1CCOCC1)NC1C2CC3CC(C2)CC1C3. The minimum atomic E-state index is -0.129. The number of amides is 2. The first-order valence-corrected chi connectivity index (χ1v) is 11.6. The molecule has 2 amide bonds. The van der Waals surface area contributed by atoms with E-state index in [1.165, 1.54) is 32.1 Å². The van der Waals surface area contributed by atoms with Crippen LogP contribution < -0.4 is 5.32 Å². The second kappa shape index (κ2) is 7.94. The number of piperidine rings is 1. The van der Waals surface area contributed by atoms with Crippen LogP contribution in [0.4, 0.5) is 0 Å². The predicted molar refractivity (Wildman–Crippen MR) is 106 cm³/mol. The number of morpholine rings is 1. The lowest BCUT2D eigenvalue weighted by atomic mass is 9.54. The Morgan fingerprint density at radius 3 is 2.25 bits per heavy atom. The zero-order valence-electron chi connectivity index (χ0n) is 17.0. The second-order valence-corrected chi connectivity index (χ2v) is 9.94. The van der Waals surface area contributed by atoms with Crippen LogP contribution >= 0.6 is 0 Å². The number of hydrogen-bond acceptors (Lipinski definition) is 4. The summed E-state index contributed by atoms with van der Waals surface area (Å²) in [4.78, 5) is 30.1. The zero-order valence-corrected chi connectivity index (χ0v) is 17.0. The van der Waals surface area contributed by atoms with Gasteiger partial charge < -0.3 is 15.0 Å². The molecule has 0 radical (unpaired) electrons. The molecular weight excluding hydrogens is 354 g/mol. The van der Waals surface area contributed by atoms with E-state index in [1.54, 1.807) is 0 Å². The molecule has 0 aromatic heterocycles. The summed E-state index contributed by atoms with van der Waals surface area (Å²) < 4.78 is 5.39. The van der Waals surface area contributed by atoms with Gasteiger partial charge in [0.2, 0.25) is 11.8 Å². The van der Waals surface area contributed by atoms with Crippen LogP contribution in [0.1, 0.15) is 51.4 Å². The zero-order chi connectivity index (χ0) is 19.1. The smallest absolute Gasteiger partial charge is 0.240 e. The number of ether oxygens (including phenoxy) is 1. The molecule has 2 aliphatic heterocycles. The number of carbonyl (C=O) groups is 2. The first-order valence-electron chi connectivity index (χ1n) is 11.6. The van der Waals surface area contributed by atoms with E-state index in [0.29, 0.717) is 50.7 Å². The van der Waals surface area contributed by atoms with Gasteiger partial charge in [-0.1, -0.05) is 6.42 Å². The normalized spacial score (nSPS) is 40.5. The molecule has 1 unspecified atom stereocenters. The summed E-state index contributed by atoms with van der Waals surface area (Å²) in [7, 11) is 0. The van der Waals surface area contributed by atoms with Gasteiger partial charge in [0.15, 0.2) is 0 Å². The molecule has 1 N–H and O–H groups in total. The van der Waals surface area contributed by atoms with Gasteiger partial charge in [-0.05, 0) is 75.2 Å². The molecule has 6 nitrogen and oxygen atoms in total. The molecule has 2 saturated heterocycles. The third kappa shape index (κ3) is 3.70. The first-order chi connectivity index (χ1) is 13.7. The summed E-state index contributed by atoms with van der Waals surface area (Å²) in [5.74, 6) is 3.59. The predicted octanol–water partition coefficient (Wildman–Crippen LogP) is 1.64. The Bertz CT molecular complexity index is 576. The van der Waals surface area contributed by atoms with Gasteiger partial charge >= 0.3 is 0 Å². The van der Waals surface area contributed by atoms with E-state index in [-0.39, 0.29) is 17.9 Å². The van der Waals surface area contributed by atoms with Crippen LogP contribution in [0, 0.1) is 23.7 Å². The third-order valence-electron chi connectivity index (χ3n) is 8.12. The summed E-state index contributed by atoms with van der Waals surface area (Å²) in [5.41, 5.74) is 0. The van der Waals surface area contributed by atoms with Crippen LogP contribution in [-0.2, 0) is 14.3 Å². The van der Waals surface area contributed by atoms with Crippen LogP contribution in [0.2, 0.25) is 0 Å². The molecule has 1 atom stereocenters. The highest BCUT2D eigenvalue weighted by molar-refractivity contribution is 5.84. The van der Waals surface area contributed by atoms with Crippen LogP contribution in [-0.4, -0.2) is 73.1 Å². The van der Waals surface area contributed by atoms with E-state index in [4.69, 9.17) is 4.74 Å². The summed E-state index contributed by atoms with van der Waals surface area (Å²) in [6, 6.07) is 0.259. The molecule has 6 aliphatic rings. The number of hydrogen-bond donors (Lipinski definition) is 1. The van der Waals surface area contributed by atoms with Crippen LogP contribution in [0.5, 0.6) is 0 Å². The summed E-state index contributed by atoms with van der Waals surface area (Å²) in [5, 5.41) is 3.42. The molecule has 4 saturated carbocycles. The minimum absolute atomic E-state index is 0.129. The minimum Gasteiger partial charge on any atom is -0.378 e. The second-order valence-electron chi connectivity index (χ2n) is 9.94. The van der Waals surface area contributed by atoms with E-state index in [9.17, 15) is 9.59 Å². The Balaban J connectivity index is 1.19. The maximum atomic E-state index is 13.0. The standard InChI is InChI=1S/C22H35N3O3/c26-20(23-21-17-10-15-9-16(12-17)13-18(21)11-15)14-25-4-2-1-3-19(25)22(27)24-5-7-28-8-6-24/h15-19,21H,1-14H2,(H,23,26). The first kappa shape index (κ1) is 18.9. The van der Waals surface area contributed by atoms with Gasteiger partial charge in [0, 0.05) is 19.1 Å². The van der Waals surface area contributed by atoms with Gasteiger partial charge in [0.25, 0.3) is 0 Å². The molecule has 28 heavy (non-hydrogen) atoms. The van der Waals surface area contributed by atoms with Crippen molar-refractivity contribution in [1.29, 1.82) is 0 Å². The maximum Gasteiger partial charge on any atom is 0.240 e. The highest BCUT2D eigenvalue weighted by Gasteiger charge is 2.48. The number of likely N-dealkylation sites (tertiary alicyclic amines) is 1. The van der Waals surface area contributed by atoms with Gasteiger partial charge in [0.05, 0.1) is 25.8 Å². The van der Waals surface area contributed by atoms with Crippen molar-refractivity contribution in [3.8, 4) is 0 Å². The highest BCUT2D eigenvalue weighted by Crippen LogP contribution is 2.53. The van der Waals surface area contributed by atoms with E-state index in [0.717, 1.165) is 37.6 Å². The quantitative estimate of drug-likeness (QED) is 0.794. The van der Waals surface area contributed by atoms with E-state index >= 15 is 0 Å². The van der Waals surface area contributed by atoms with Gasteiger partial charge in [-0.15, -0.1) is 0 Å². The van der Waals surface area contributed by atoms with Crippen molar-refractivity contribution in [2.45, 2.75) is 63.5 Å². The lowest BCUT2D eigenvalue weighted by Gasteiger charge is -2.54. The van der Waals surface area contributed by atoms with Crippen molar-refractivity contribution >= 4 is 11.8 Å². The molecule has 4 aliphatic carbocycles. The van der Waals surface area contributed by atoms with Gasteiger partial charge in [-0.3, -0.25) is 14.5 Å². The van der Waals surface area contributed by atoms with Crippen LogP contribution in [0.3, 0.4) is 0 Å². The molecule has 156 valence electrons. The Morgan fingerprint density at radius 2 is 1.57 bits per heavy atom. The summed E-state index contributed by atoms with van der Waals surface area (Å²) in [6.45, 7) is 3.86. The van der Waals surface area contributed by atoms with Crippen LogP contribution in [0.25, 0.3) is 0 Å². The van der Waals surface area contributed by atoms with Gasteiger partial charge in [0.1, 0.15) is 0 Å². The van der Waals surface area contributed by atoms with Crippen molar-refractivity contribution < 1.29 is 14.3 Å². The van der Waals surface area contributed by atoms with Crippen molar-refractivity contribution in [1.82, 2.24) is 15.1 Å². The fourth-order valence-corrected chi connectivity index (χ4v) is 7.03. The molecular formula is C22H35N3O3. The maximum absolute atomic E-state index is 13.0. The molecule has 2 heterocycles. The number of carbonyl (C=O) groups excluding carboxylic acids is 2. The Labute approximate surface area is 168 Å². The Kier molecular flexibility index (Phi) is 5.35. The topological polar surface area (TPSA) is 61.9 Å². The average Bonchev–Trinajstić information content (AvgIpc) is 2.71. The number of nitrogens with one attached hydrogen (secondary N) is 1. The van der Waals surface area contributed by atoms with Gasteiger partial charge in [-0.25, -0.2) is 0 Å². The molecule has 6 heteroatoms. The molecule has 0 aromatic carbocycles. The average molecular weight is 390 g/mol. The number of rotatable bonds is 4. The van der Waals surface area contributed by atoms with Gasteiger partial charge in [-0.2, -0.15) is 0 Å².